The summed E-state index contributed by atoms with van der Waals surface area (Å²) in [4.78, 5) is 17.0. The lowest BCUT2D eigenvalue weighted by molar-refractivity contribution is -0.133. The summed E-state index contributed by atoms with van der Waals surface area (Å²) in [5.74, 6) is 0.948. The number of nitrogens with zero attached hydrogens (tertiary/aromatic N) is 3. The summed E-state index contributed by atoms with van der Waals surface area (Å²) in [7, 11) is 0. The molecule has 0 unspecified atom stereocenters. The lowest BCUT2D eigenvalue weighted by Crippen LogP contribution is -2.38. The van der Waals surface area contributed by atoms with E-state index in [1.165, 1.54) is 11.1 Å². The second-order valence-electron chi connectivity index (χ2n) is 7.49. The Labute approximate surface area is 178 Å². The van der Waals surface area contributed by atoms with E-state index >= 15 is 0 Å². The first-order valence-electron chi connectivity index (χ1n) is 10.4. The maximum atomic E-state index is 12.7. The molecule has 0 atom stereocenters. The number of hydrogen-bond acceptors (Lipinski definition) is 5. The van der Waals surface area contributed by atoms with Gasteiger partial charge in [-0.1, -0.05) is 29.8 Å². The minimum atomic E-state index is -0.0378. The lowest BCUT2D eigenvalue weighted by atomic mass is 10.1. The third-order valence-electron chi connectivity index (χ3n) is 5.19. The first-order chi connectivity index (χ1) is 14.6. The van der Waals surface area contributed by atoms with Crippen LogP contribution in [0.25, 0.3) is 0 Å². The fourth-order valence-corrected chi connectivity index (χ4v) is 3.53. The highest BCUT2D eigenvalue weighted by Gasteiger charge is 2.20. The second kappa shape index (κ2) is 10.7. The molecule has 158 valence electrons. The molecule has 0 aliphatic carbocycles. The van der Waals surface area contributed by atoms with Crippen LogP contribution in [0.4, 0.5) is 0 Å². The van der Waals surface area contributed by atoms with Gasteiger partial charge in [0.2, 0.25) is 0 Å². The Morgan fingerprint density at radius 1 is 1.03 bits per heavy atom. The number of amides is 1. The third kappa shape index (κ3) is 5.98. The average Bonchev–Trinajstić information content (AvgIpc) is 3.00. The van der Waals surface area contributed by atoms with Gasteiger partial charge in [0.1, 0.15) is 0 Å². The molecule has 3 rings (SSSR count). The standard InChI is InChI=1S/C24H29N3O3/c1-3-29-23-15-21(16-25)9-10-22(23)30-18-24(28)27-12-4-11-26(13-14-27)17-20-7-5-19(2)6-8-20/h5-10,15H,3-4,11-14,17-18H2,1-2H3. The lowest BCUT2D eigenvalue weighted by Gasteiger charge is -2.22. The van der Waals surface area contributed by atoms with Crippen molar-refractivity contribution in [1.29, 1.82) is 5.26 Å². The quantitative estimate of drug-likeness (QED) is 0.704. The molecular weight excluding hydrogens is 378 g/mol. The minimum absolute atomic E-state index is 0.0287. The maximum absolute atomic E-state index is 12.7. The molecule has 6 nitrogen and oxygen atoms in total. The van der Waals surface area contributed by atoms with E-state index in [2.05, 4.69) is 42.2 Å². The van der Waals surface area contributed by atoms with Crippen molar-refractivity contribution in [2.45, 2.75) is 26.8 Å². The van der Waals surface area contributed by atoms with Gasteiger partial charge in [0, 0.05) is 38.8 Å². The van der Waals surface area contributed by atoms with Crippen LogP contribution in [0.5, 0.6) is 11.5 Å². The van der Waals surface area contributed by atoms with Gasteiger partial charge < -0.3 is 14.4 Å². The zero-order valence-corrected chi connectivity index (χ0v) is 17.8. The number of carbonyl (C=O) groups excluding carboxylic acids is 1. The summed E-state index contributed by atoms with van der Waals surface area (Å²) >= 11 is 0. The molecule has 1 aliphatic rings. The smallest absolute Gasteiger partial charge is 0.260 e. The number of ether oxygens (including phenoxy) is 2. The van der Waals surface area contributed by atoms with E-state index in [0.717, 1.165) is 32.6 Å². The SMILES string of the molecule is CCOc1cc(C#N)ccc1OCC(=O)N1CCCN(Cc2ccc(C)cc2)CC1. The van der Waals surface area contributed by atoms with Gasteiger partial charge >= 0.3 is 0 Å². The first kappa shape index (κ1) is 21.7. The van der Waals surface area contributed by atoms with E-state index < -0.39 is 0 Å². The summed E-state index contributed by atoms with van der Waals surface area (Å²) in [6.45, 7) is 8.54. The number of nitriles is 1. The summed E-state index contributed by atoms with van der Waals surface area (Å²) < 4.78 is 11.3. The Morgan fingerprint density at radius 3 is 2.57 bits per heavy atom. The van der Waals surface area contributed by atoms with Crippen molar-refractivity contribution in [1.82, 2.24) is 9.80 Å². The van der Waals surface area contributed by atoms with Crippen molar-refractivity contribution in [2.75, 3.05) is 39.4 Å². The van der Waals surface area contributed by atoms with E-state index in [1.54, 1.807) is 18.2 Å². The Kier molecular flexibility index (Phi) is 7.69. The van der Waals surface area contributed by atoms with Crippen LogP contribution in [0.2, 0.25) is 0 Å². The fourth-order valence-electron chi connectivity index (χ4n) is 3.53. The second-order valence-corrected chi connectivity index (χ2v) is 7.49. The summed E-state index contributed by atoms with van der Waals surface area (Å²) in [6, 6.07) is 15.7. The van der Waals surface area contributed by atoms with Crippen molar-refractivity contribution in [3.05, 3.63) is 59.2 Å². The molecule has 2 aromatic carbocycles. The number of benzene rings is 2. The van der Waals surface area contributed by atoms with Crippen LogP contribution in [0, 0.1) is 18.3 Å². The minimum Gasteiger partial charge on any atom is -0.490 e. The van der Waals surface area contributed by atoms with Crippen LogP contribution in [0.1, 0.15) is 30.0 Å². The zero-order valence-electron chi connectivity index (χ0n) is 17.8. The number of hydrogen-bond donors (Lipinski definition) is 0. The number of aryl methyl sites for hydroxylation is 1. The van der Waals surface area contributed by atoms with Crippen LogP contribution in [0.15, 0.2) is 42.5 Å². The Morgan fingerprint density at radius 2 is 1.83 bits per heavy atom. The molecule has 30 heavy (non-hydrogen) atoms. The van der Waals surface area contributed by atoms with E-state index in [1.807, 2.05) is 11.8 Å². The first-order valence-corrected chi connectivity index (χ1v) is 10.4. The molecular formula is C24H29N3O3. The van der Waals surface area contributed by atoms with Gasteiger partial charge in [-0.2, -0.15) is 5.26 Å². The molecule has 0 aromatic heterocycles. The van der Waals surface area contributed by atoms with E-state index in [4.69, 9.17) is 14.7 Å². The number of rotatable bonds is 7. The van der Waals surface area contributed by atoms with Gasteiger partial charge in [-0.3, -0.25) is 9.69 Å². The normalized spacial score (nSPS) is 14.6. The van der Waals surface area contributed by atoms with Gasteiger partial charge in [-0.05, 0) is 38.0 Å². The van der Waals surface area contributed by atoms with Crippen molar-refractivity contribution < 1.29 is 14.3 Å². The molecule has 0 spiro atoms. The molecule has 0 bridgehead atoms. The van der Waals surface area contributed by atoms with Crippen LogP contribution < -0.4 is 9.47 Å². The molecule has 1 aliphatic heterocycles. The van der Waals surface area contributed by atoms with Crippen LogP contribution in [-0.2, 0) is 11.3 Å². The Hall–Kier alpha value is -3.04. The van der Waals surface area contributed by atoms with Crippen molar-refractivity contribution in [3.63, 3.8) is 0 Å². The van der Waals surface area contributed by atoms with Crippen molar-refractivity contribution >= 4 is 5.91 Å². The molecule has 1 fully saturated rings. The molecule has 0 radical (unpaired) electrons. The topological polar surface area (TPSA) is 65.8 Å². The molecule has 6 heteroatoms. The van der Waals surface area contributed by atoms with Crippen LogP contribution in [-0.4, -0.2) is 55.1 Å². The van der Waals surface area contributed by atoms with Gasteiger partial charge in [-0.15, -0.1) is 0 Å². The number of carbonyl (C=O) groups is 1. The predicted octanol–water partition coefficient (Wildman–Crippen LogP) is 3.38. The Balaban J connectivity index is 1.52. The van der Waals surface area contributed by atoms with Crippen LogP contribution in [0.3, 0.4) is 0 Å². The fraction of sp³-hybridized carbons (Fsp3) is 0.417. The highest BCUT2D eigenvalue weighted by atomic mass is 16.5. The molecule has 1 heterocycles. The molecule has 2 aromatic rings. The van der Waals surface area contributed by atoms with Crippen LogP contribution >= 0.6 is 0 Å². The van der Waals surface area contributed by atoms with Crippen molar-refractivity contribution in [3.8, 4) is 17.6 Å². The Bertz CT molecular complexity index is 890. The molecule has 0 N–H and O–H groups in total. The third-order valence-corrected chi connectivity index (χ3v) is 5.19. The summed E-state index contributed by atoms with van der Waals surface area (Å²) in [5.41, 5.74) is 3.06. The molecule has 0 saturated carbocycles. The highest BCUT2D eigenvalue weighted by molar-refractivity contribution is 5.78. The largest absolute Gasteiger partial charge is 0.490 e. The van der Waals surface area contributed by atoms with E-state index in [-0.39, 0.29) is 12.5 Å². The van der Waals surface area contributed by atoms with E-state index in [0.29, 0.717) is 30.2 Å². The average molecular weight is 408 g/mol. The highest BCUT2D eigenvalue weighted by Crippen LogP contribution is 2.28. The molecule has 1 amide bonds. The van der Waals surface area contributed by atoms with Gasteiger partial charge in [-0.25, -0.2) is 0 Å². The van der Waals surface area contributed by atoms with Crippen molar-refractivity contribution in [2.24, 2.45) is 0 Å². The predicted molar refractivity (Wildman–Crippen MR) is 115 cm³/mol. The zero-order chi connectivity index (χ0) is 21.3. The monoisotopic (exact) mass is 407 g/mol. The van der Waals surface area contributed by atoms with Gasteiger partial charge in [0.05, 0.1) is 18.2 Å². The summed E-state index contributed by atoms with van der Waals surface area (Å²) in [5, 5.41) is 9.05. The van der Waals surface area contributed by atoms with E-state index in [9.17, 15) is 4.79 Å². The van der Waals surface area contributed by atoms with Gasteiger partial charge in [0.15, 0.2) is 18.1 Å². The summed E-state index contributed by atoms with van der Waals surface area (Å²) in [6.07, 6.45) is 0.943. The maximum Gasteiger partial charge on any atom is 0.260 e. The van der Waals surface area contributed by atoms with Gasteiger partial charge in [0.25, 0.3) is 5.91 Å². The molecule has 1 saturated heterocycles.